The highest BCUT2D eigenvalue weighted by molar-refractivity contribution is 5.86. The van der Waals surface area contributed by atoms with Crippen LogP contribution in [0.15, 0.2) is 66.9 Å². The highest BCUT2D eigenvalue weighted by Crippen LogP contribution is 2.44. The molecular formula is C22H17F3N2O4. The molecule has 0 saturated heterocycles. The van der Waals surface area contributed by atoms with E-state index < -0.39 is 29.5 Å². The van der Waals surface area contributed by atoms with E-state index in [4.69, 9.17) is 4.74 Å². The number of alkyl halides is 3. The van der Waals surface area contributed by atoms with Gasteiger partial charge in [-0.15, -0.1) is 0 Å². The van der Waals surface area contributed by atoms with Gasteiger partial charge in [0.05, 0.1) is 5.69 Å². The minimum atomic E-state index is -5.32. The molecule has 9 heteroatoms. The average Bonchev–Trinajstić information content (AvgIpc) is 3.36. The fourth-order valence-corrected chi connectivity index (χ4v) is 3.93. The molecule has 31 heavy (non-hydrogen) atoms. The van der Waals surface area contributed by atoms with Crippen LogP contribution in [0.3, 0.4) is 0 Å². The normalized spacial score (nSPS) is 14.9. The van der Waals surface area contributed by atoms with E-state index in [1.54, 1.807) is 0 Å². The number of hydrogen-bond acceptors (Lipinski definition) is 3. The van der Waals surface area contributed by atoms with E-state index in [9.17, 15) is 27.9 Å². The van der Waals surface area contributed by atoms with E-state index in [1.165, 1.54) is 11.4 Å². The second-order valence-electron chi connectivity index (χ2n) is 7.09. The Bertz CT molecular complexity index is 1080. The van der Waals surface area contributed by atoms with E-state index in [2.05, 4.69) is 4.98 Å². The highest BCUT2D eigenvalue weighted by atomic mass is 19.4. The Morgan fingerprint density at radius 1 is 0.968 bits per heavy atom. The van der Waals surface area contributed by atoms with Gasteiger partial charge < -0.3 is 14.8 Å². The fourth-order valence-electron chi connectivity index (χ4n) is 3.93. The Hall–Kier alpha value is -3.75. The van der Waals surface area contributed by atoms with Gasteiger partial charge in [-0.25, -0.2) is 9.59 Å². The van der Waals surface area contributed by atoms with Gasteiger partial charge >= 0.3 is 18.2 Å². The zero-order chi connectivity index (χ0) is 22.2. The van der Waals surface area contributed by atoms with Gasteiger partial charge in [-0.2, -0.15) is 13.2 Å². The molecule has 0 saturated carbocycles. The van der Waals surface area contributed by atoms with Gasteiger partial charge in [-0.3, -0.25) is 5.32 Å². The Morgan fingerprint density at radius 3 is 2.03 bits per heavy atom. The number of hydrogen-bond donors (Lipinski definition) is 3. The molecule has 1 amide bonds. The van der Waals surface area contributed by atoms with Crippen molar-refractivity contribution in [1.82, 2.24) is 10.3 Å². The molecule has 0 aliphatic heterocycles. The van der Waals surface area contributed by atoms with Crippen LogP contribution in [0.1, 0.15) is 22.7 Å². The number of H-pyrrole nitrogens is 1. The van der Waals surface area contributed by atoms with Crippen LogP contribution in [0, 0.1) is 0 Å². The summed E-state index contributed by atoms with van der Waals surface area (Å²) in [6.45, 7) is -0.252. The molecule has 1 atom stereocenters. The molecule has 4 rings (SSSR count). The molecule has 0 bridgehead atoms. The smallest absolute Gasteiger partial charge is 0.428 e. The maximum atomic E-state index is 13.8. The molecule has 1 heterocycles. The van der Waals surface area contributed by atoms with Crippen molar-refractivity contribution in [3.05, 3.63) is 83.7 Å². The van der Waals surface area contributed by atoms with Crippen LogP contribution in [0.25, 0.3) is 11.1 Å². The third-order valence-corrected chi connectivity index (χ3v) is 5.38. The zero-order valence-electron chi connectivity index (χ0n) is 15.9. The molecule has 1 aromatic heterocycles. The zero-order valence-corrected chi connectivity index (χ0v) is 15.9. The first-order valence-electron chi connectivity index (χ1n) is 9.33. The van der Waals surface area contributed by atoms with Crippen LogP contribution >= 0.6 is 0 Å². The van der Waals surface area contributed by atoms with E-state index >= 15 is 0 Å². The van der Waals surface area contributed by atoms with Crippen molar-refractivity contribution < 1.29 is 32.6 Å². The number of carbonyl (C=O) groups excluding carboxylic acids is 1. The number of alkyl carbamates (subject to hydrolysis) is 1. The van der Waals surface area contributed by atoms with Crippen LogP contribution in [0.2, 0.25) is 0 Å². The monoisotopic (exact) mass is 430 g/mol. The Labute approximate surface area is 174 Å². The first-order valence-corrected chi connectivity index (χ1v) is 9.33. The molecule has 0 radical (unpaired) electrons. The standard InChI is InChI=1S/C22H17F3N2O4/c23-22(24,25)21(19(28)29,18-10-5-11-26-18)27-20(30)31-12-17-15-8-3-1-6-13(15)14-7-2-4-9-16(14)17/h1-11,17,26H,12H2,(H,27,30)(H,28,29). The summed E-state index contributed by atoms with van der Waals surface area (Å²) in [7, 11) is 0. The first kappa shape index (κ1) is 20.5. The maximum Gasteiger partial charge on any atom is 0.428 e. The molecule has 1 aliphatic carbocycles. The van der Waals surface area contributed by atoms with Crippen LogP contribution in [-0.2, 0) is 15.1 Å². The van der Waals surface area contributed by atoms with Crippen molar-refractivity contribution >= 4 is 12.1 Å². The predicted molar refractivity (Wildman–Crippen MR) is 104 cm³/mol. The van der Waals surface area contributed by atoms with Gasteiger partial charge in [0.2, 0.25) is 0 Å². The molecule has 3 aromatic rings. The number of carboxylic acid groups (broad SMARTS) is 1. The van der Waals surface area contributed by atoms with Crippen molar-refractivity contribution in [2.24, 2.45) is 0 Å². The Kier molecular flexibility index (Phi) is 4.96. The van der Waals surface area contributed by atoms with Gasteiger partial charge in [-0.05, 0) is 34.4 Å². The number of aromatic amines is 1. The number of halogens is 3. The number of rotatable bonds is 5. The second kappa shape index (κ2) is 7.50. The van der Waals surface area contributed by atoms with Crippen LogP contribution in [-0.4, -0.2) is 34.9 Å². The SMILES string of the molecule is O=C(NC(C(=O)O)(c1ccc[nH]1)C(F)(F)F)OCC1c2ccccc2-c2ccccc21. The summed E-state index contributed by atoms with van der Waals surface area (Å²) >= 11 is 0. The third-order valence-electron chi connectivity index (χ3n) is 5.38. The number of aromatic nitrogens is 1. The summed E-state index contributed by atoms with van der Waals surface area (Å²) < 4.78 is 46.6. The van der Waals surface area contributed by atoms with Gasteiger partial charge in [-0.1, -0.05) is 48.5 Å². The quantitative estimate of drug-likeness (QED) is 0.560. The molecule has 6 nitrogen and oxygen atoms in total. The number of fused-ring (bicyclic) bond motifs is 3. The van der Waals surface area contributed by atoms with Crippen LogP contribution < -0.4 is 5.32 Å². The summed E-state index contributed by atoms with van der Waals surface area (Å²) in [5, 5.41) is 10.9. The highest BCUT2D eigenvalue weighted by Gasteiger charge is 2.64. The van der Waals surface area contributed by atoms with Crippen molar-refractivity contribution in [1.29, 1.82) is 0 Å². The molecule has 2 aromatic carbocycles. The molecule has 1 unspecified atom stereocenters. The number of benzene rings is 2. The molecule has 3 N–H and O–H groups in total. The topological polar surface area (TPSA) is 91.4 Å². The summed E-state index contributed by atoms with van der Waals surface area (Å²) in [5.74, 6) is -2.66. The van der Waals surface area contributed by atoms with Crippen molar-refractivity contribution in [2.75, 3.05) is 6.61 Å². The predicted octanol–water partition coefficient (Wildman–Crippen LogP) is 4.40. The summed E-state index contributed by atoms with van der Waals surface area (Å²) in [4.78, 5) is 26.3. The number of nitrogens with one attached hydrogen (secondary N) is 2. The van der Waals surface area contributed by atoms with E-state index in [0.29, 0.717) is 0 Å². The Morgan fingerprint density at radius 2 is 1.55 bits per heavy atom. The number of carboxylic acids is 1. The van der Waals surface area contributed by atoms with Crippen molar-refractivity contribution in [2.45, 2.75) is 17.6 Å². The number of ether oxygens (including phenoxy) is 1. The minimum Gasteiger partial charge on any atom is -0.479 e. The van der Waals surface area contributed by atoms with Crippen LogP contribution in [0.4, 0.5) is 18.0 Å². The number of carbonyl (C=O) groups is 2. The lowest BCUT2D eigenvalue weighted by atomic mass is 9.94. The summed E-state index contributed by atoms with van der Waals surface area (Å²) in [6.07, 6.45) is -5.68. The average molecular weight is 430 g/mol. The minimum absolute atomic E-state index is 0.252. The first-order chi connectivity index (χ1) is 14.8. The lowest BCUT2D eigenvalue weighted by Gasteiger charge is -2.31. The Balaban J connectivity index is 1.58. The molecule has 160 valence electrons. The molecule has 0 fully saturated rings. The summed E-state index contributed by atoms with van der Waals surface area (Å²) in [5.41, 5.74) is -0.746. The summed E-state index contributed by atoms with van der Waals surface area (Å²) in [6, 6.07) is 17.1. The van der Waals surface area contributed by atoms with E-state index in [0.717, 1.165) is 34.5 Å². The van der Waals surface area contributed by atoms with E-state index in [1.807, 2.05) is 48.5 Å². The number of aliphatic carboxylic acids is 1. The van der Waals surface area contributed by atoms with Gasteiger partial charge in [0.1, 0.15) is 6.61 Å². The molecule has 0 spiro atoms. The van der Waals surface area contributed by atoms with Gasteiger partial charge in [0, 0.05) is 12.1 Å². The third kappa shape index (κ3) is 3.31. The van der Waals surface area contributed by atoms with Crippen molar-refractivity contribution in [3.63, 3.8) is 0 Å². The van der Waals surface area contributed by atoms with Gasteiger partial charge in [0.25, 0.3) is 5.54 Å². The van der Waals surface area contributed by atoms with Gasteiger partial charge in [0.15, 0.2) is 0 Å². The maximum absolute atomic E-state index is 13.8. The van der Waals surface area contributed by atoms with Crippen molar-refractivity contribution in [3.8, 4) is 11.1 Å². The second-order valence-corrected chi connectivity index (χ2v) is 7.09. The lowest BCUT2D eigenvalue weighted by molar-refractivity contribution is -0.212. The largest absolute Gasteiger partial charge is 0.479 e. The fraction of sp³-hybridized carbons (Fsp3) is 0.182. The molecular weight excluding hydrogens is 413 g/mol. The molecule has 1 aliphatic rings. The van der Waals surface area contributed by atoms with E-state index in [-0.39, 0.29) is 12.5 Å². The number of amides is 1. The lowest BCUT2D eigenvalue weighted by Crippen LogP contribution is -2.61. The van der Waals surface area contributed by atoms with Crippen LogP contribution in [0.5, 0.6) is 0 Å².